The summed E-state index contributed by atoms with van der Waals surface area (Å²) in [7, 11) is 3.89. The van der Waals surface area contributed by atoms with Crippen LogP contribution < -0.4 is 5.32 Å². The fourth-order valence-electron chi connectivity index (χ4n) is 1.49. The van der Waals surface area contributed by atoms with Crippen LogP contribution in [0.15, 0.2) is 20.9 Å². The van der Waals surface area contributed by atoms with E-state index < -0.39 is 0 Å². The van der Waals surface area contributed by atoms with Crippen molar-refractivity contribution < 1.29 is 0 Å². The smallest absolute Gasteiger partial charge is 0.193 e. The quantitative estimate of drug-likeness (QED) is 0.638. The first-order valence-electron chi connectivity index (χ1n) is 6.09. The maximum Gasteiger partial charge on any atom is 0.193 e. The Hall–Kier alpha value is -0.200. The number of guanidine groups is 1. The van der Waals surface area contributed by atoms with Crippen molar-refractivity contribution in [3.63, 3.8) is 0 Å². The highest BCUT2D eigenvalue weighted by molar-refractivity contribution is 9.11. The van der Waals surface area contributed by atoms with Gasteiger partial charge in [-0.3, -0.25) is 4.99 Å². The molecular formula is C13H22BrN3S2. The van der Waals surface area contributed by atoms with E-state index in [1.807, 2.05) is 18.8 Å². The Balaban J connectivity index is 2.55. The molecule has 0 fully saturated rings. The number of thioether (sulfide) groups is 1. The molecule has 1 heterocycles. The average molecular weight is 364 g/mol. The summed E-state index contributed by atoms with van der Waals surface area (Å²) < 4.78 is 1.38. The minimum Gasteiger partial charge on any atom is -0.355 e. The topological polar surface area (TPSA) is 27.6 Å². The highest BCUT2D eigenvalue weighted by Crippen LogP contribution is 2.23. The molecule has 0 bridgehead atoms. The third-order valence-electron chi connectivity index (χ3n) is 2.82. The Labute approximate surface area is 133 Å². The largest absolute Gasteiger partial charge is 0.355 e. The van der Waals surface area contributed by atoms with Gasteiger partial charge in [0.05, 0.1) is 10.3 Å². The van der Waals surface area contributed by atoms with Crippen LogP contribution >= 0.6 is 39.0 Å². The second-order valence-corrected chi connectivity index (χ2v) is 8.99. The van der Waals surface area contributed by atoms with Crippen molar-refractivity contribution in [3.8, 4) is 0 Å². The van der Waals surface area contributed by atoms with E-state index >= 15 is 0 Å². The van der Waals surface area contributed by atoms with Gasteiger partial charge in [-0.15, -0.1) is 11.3 Å². The molecule has 19 heavy (non-hydrogen) atoms. The van der Waals surface area contributed by atoms with E-state index in [9.17, 15) is 0 Å². The number of nitrogens with zero attached hydrogens (tertiary/aromatic N) is 2. The van der Waals surface area contributed by atoms with Crippen LogP contribution in [0.1, 0.15) is 18.7 Å². The molecule has 6 heteroatoms. The summed E-state index contributed by atoms with van der Waals surface area (Å²) in [6.07, 6.45) is 2.14. The molecule has 1 rings (SSSR count). The number of hydrogen-bond acceptors (Lipinski definition) is 3. The van der Waals surface area contributed by atoms with E-state index in [0.29, 0.717) is 0 Å². The third kappa shape index (κ3) is 5.75. The Kier molecular flexibility index (Phi) is 6.69. The van der Waals surface area contributed by atoms with Gasteiger partial charge in [0.2, 0.25) is 0 Å². The molecule has 0 aliphatic carbocycles. The van der Waals surface area contributed by atoms with Crippen molar-refractivity contribution in [2.24, 2.45) is 4.99 Å². The molecule has 0 radical (unpaired) electrons. The van der Waals surface area contributed by atoms with E-state index in [1.165, 1.54) is 8.66 Å². The van der Waals surface area contributed by atoms with Gasteiger partial charge in [0.1, 0.15) is 0 Å². The Bertz CT molecular complexity index is 429. The van der Waals surface area contributed by atoms with E-state index in [1.54, 1.807) is 11.3 Å². The van der Waals surface area contributed by atoms with Gasteiger partial charge in [-0.2, -0.15) is 11.8 Å². The van der Waals surface area contributed by atoms with Gasteiger partial charge in [0.15, 0.2) is 5.96 Å². The number of thiophene rings is 1. The predicted octanol–water partition coefficient (Wildman–Crippen LogP) is 3.66. The first kappa shape index (κ1) is 16.9. The van der Waals surface area contributed by atoms with Gasteiger partial charge >= 0.3 is 0 Å². The van der Waals surface area contributed by atoms with Crippen LogP contribution in [0.25, 0.3) is 0 Å². The van der Waals surface area contributed by atoms with E-state index in [-0.39, 0.29) is 4.75 Å². The first-order valence-corrected chi connectivity index (χ1v) is 8.92. The molecule has 0 amide bonds. The lowest BCUT2D eigenvalue weighted by atomic mass is 10.2. The average Bonchev–Trinajstić information content (AvgIpc) is 2.75. The maximum atomic E-state index is 4.34. The lowest BCUT2D eigenvalue weighted by molar-refractivity contribution is 0.476. The normalized spacial score (nSPS) is 12.6. The van der Waals surface area contributed by atoms with E-state index in [0.717, 1.165) is 19.0 Å². The standard InChI is InChI=1S/C13H22BrN3S2/c1-13(2,18-5)9-16-12(15-3)17(4)8-10-6-7-11(14)19-10/h6-7H,8-9H2,1-5H3,(H,15,16). The van der Waals surface area contributed by atoms with Gasteiger partial charge in [0.25, 0.3) is 0 Å². The zero-order chi connectivity index (χ0) is 14.5. The van der Waals surface area contributed by atoms with Crippen LogP contribution in [0.3, 0.4) is 0 Å². The fourth-order valence-corrected chi connectivity index (χ4v) is 3.25. The van der Waals surface area contributed by atoms with Crippen LogP contribution in [0.4, 0.5) is 0 Å². The van der Waals surface area contributed by atoms with Crippen molar-refractivity contribution in [1.82, 2.24) is 10.2 Å². The second-order valence-electron chi connectivity index (χ2n) is 4.93. The molecule has 1 aromatic heterocycles. The van der Waals surface area contributed by atoms with Crippen LogP contribution in [-0.4, -0.2) is 42.5 Å². The monoisotopic (exact) mass is 363 g/mol. The predicted molar refractivity (Wildman–Crippen MR) is 92.4 cm³/mol. The van der Waals surface area contributed by atoms with Gasteiger partial charge in [0, 0.05) is 30.3 Å². The molecule has 0 aliphatic heterocycles. The molecule has 1 N–H and O–H groups in total. The molecule has 0 saturated heterocycles. The number of nitrogens with one attached hydrogen (secondary N) is 1. The van der Waals surface area contributed by atoms with Gasteiger partial charge in [-0.25, -0.2) is 0 Å². The van der Waals surface area contributed by atoms with Crippen LogP contribution in [0.5, 0.6) is 0 Å². The Morgan fingerprint density at radius 2 is 2.21 bits per heavy atom. The number of rotatable bonds is 5. The summed E-state index contributed by atoms with van der Waals surface area (Å²) in [5.74, 6) is 0.937. The summed E-state index contributed by atoms with van der Waals surface area (Å²) in [6, 6.07) is 4.23. The highest BCUT2D eigenvalue weighted by Gasteiger charge is 2.17. The number of hydrogen-bond donors (Lipinski definition) is 1. The van der Waals surface area contributed by atoms with Crippen molar-refractivity contribution in [2.75, 3.05) is 26.9 Å². The fraction of sp³-hybridized carbons (Fsp3) is 0.615. The minimum atomic E-state index is 0.211. The Morgan fingerprint density at radius 3 is 2.68 bits per heavy atom. The van der Waals surface area contributed by atoms with E-state index in [4.69, 9.17) is 0 Å². The summed E-state index contributed by atoms with van der Waals surface area (Å²) >= 11 is 7.11. The summed E-state index contributed by atoms with van der Waals surface area (Å²) in [4.78, 5) is 7.81. The molecule has 108 valence electrons. The van der Waals surface area contributed by atoms with Crippen molar-refractivity contribution in [3.05, 3.63) is 20.8 Å². The van der Waals surface area contributed by atoms with Crippen LogP contribution in [0, 0.1) is 0 Å². The lowest BCUT2D eigenvalue weighted by Crippen LogP contribution is -2.43. The van der Waals surface area contributed by atoms with Crippen LogP contribution in [0.2, 0.25) is 0 Å². The molecule has 0 atom stereocenters. The maximum absolute atomic E-state index is 4.34. The van der Waals surface area contributed by atoms with E-state index in [2.05, 4.69) is 70.4 Å². The van der Waals surface area contributed by atoms with Crippen LogP contribution in [-0.2, 0) is 6.54 Å². The number of aliphatic imine (C=N–C) groups is 1. The van der Waals surface area contributed by atoms with Crippen molar-refractivity contribution in [1.29, 1.82) is 0 Å². The highest BCUT2D eigenvalue weighted by atomic mass is 79.9. The van der Waals surface area contributed by atoms with Gasteiger partial charge in [-0.05, 0) is 48.2 Å². The van der Waals surface area contributed by atoms with Crippen molar-refractivity contribution in [2.45, 2.75) is 25.1 Å². The number of halogens is 1. The summed E-state index contributed by atoms with van der Waals surface area (Å²) in [5, 5.41) is 3.44. The molecule has 0 aromatic carbocycles. The summed E-state index contributed by atoms with van der Waals surface area (Å²) in [6.45, 7) is 6.23. The second kappa shape index (κ2) is 7.55. The minimum absolute atomic E-state index is 0.211. The molecule has 0 spiro atoms. The van der Waals surface area contributed by atoms with Crippen molar-refractivity contribution >= 4 is 45.0 Å². The molecule has 1 aromatic rings. The molecule has 0 aliphatic rings. The SMILES string of the molecule is CN=C(NCC(C)(C)SC)N(C)Cc1ccc(Br)s1. The summed E-state index contributed by atoms with van der Waals surface area (Å²) in [5.41, 5.74) is 0. The zero-order valence-electron chi connectivity index (χ0n) is 12.2. The molecular weight excluding hydrogens is 342 g/mol. The van der Waals surface area contributed by atoms with Gasteiger partial charge in [-0.1, -0.05) is 0 Å². The lowest BCUT2D eigenvalue weighted by Gasteiger charge is -2.27. The first-order chi connectivity index (χ1) is 8.88. The molecule has 3 nitrogen and oxygen atoms in total. The zero-order valence-corrected chi connectivity index (χ0v) is 15.4. The molecule has 0 unspecified atom stereocenters. The molecule has 0 saturated carbocycles. The van der Waals surface area contributed by atoms with Gasteiger partial charge < -0.3 is 10.2 Å². The third-order valence-corrected chi connectivity index (χ3v) is 5.68. The Morgan fingerprint density at radius 1 is 1.53 bits per heavy atom.